The Labute approximate surface area is 290 Å². The van der Waals surface area contributed by atoms with E-state index in [-0.39, 0.29) is 5.92 Å². The highest BCUT2D eigenvalue weighted by atomic mass is 15.0. The number of fused-ring (bicyclic) bond motifs is 6. The topological polar surface area (TPSA) is 30.7 Å². The molecule has 3 heteroatoms. The molecule has 0 bridgehead atoms. The minimum absolute atomic E-state index is 0.241. The van der Waals surface area contributed by atoms with Crippen LogP contribution in [0.15, 0.2) is 183 Å². The minimum Gasteiger partial charge on any atom is -0.309 e. The lowest BCUT2D eigenvalue weighted by molar-refractivity contribution is 1.02. The Balaban J connectivity index is 0.944. The van der Waals surface area contributed by atoms with Crippen molar-refractivity contribution in [3.63, 3.8) is 0 Å². The van der Waals surface area contributed by atoms with Crippen LogP contribution in [0.2, 0.25) is 0 Å². The van der Waals surface area contributed by atoms with Gasteiger partial charge in [0.1, 0.15) is 0 Å². The number of nitrogens with zero attached hydrogens (tertiary/aromatic N) is 3. The first-order chi connectivity index (χ1) is 24.8. The number of hydrogen-bond acceptors (Lipinski definition) is 2. The van der Waals surface area contributed by atoms with Crippen molar-refractivity contribution >= 4 is 21.8 Å². The molecule has 0 spiro atoms. The highest BCUT2D eigenvalue weighted by Crippen LogP contribution is 2.48. The van der Waals surface area contributed by atoms with E-state index in [9.17, 15) is 0 Å². The summed E-state index contributed by atoms with van der Waals surface area (Å²) in [5.41, 5.74) is 16.8. The SMILES string of the molecule is c1ccc2c(c1)-c1ccccc1C2c1ccc(-c2cncc(-c3cncc(-c4ccc(-n5c6ccccc6c6ccccc65)cc4)c3)c2)cc1. The summed E-state index contributed by atoms with van der Waals surface area (Å²) in [5.74, 6) is 0.241. The van der Waals surface area contributed by atoms with Crippen molar-refractivity contribution in [1.82, 2.24) is 14.5 Å². The molecule has 10 rings (SSSR count). The van der Waals surface area contributed by atoms with E-state index in [0.717, 1.165) is 39.1 Å². The molecule has 3 heterocycles. The van der Waals surface area contributed by atoms with E-state index in [1.807, 2.05) is 24.8 Å². The molecule has 1 aliphatic rings. The van der Waals surface area contributed by atoms with Gasteiger partial charge in [0.05, 0.1) is 11.0 Å². The molecule has 1 aliphatic carbocycles. The molecule has 0 fully saturated rings. The molecular formula is C47H31N3. The van der Waals surface area contributed by atoms with Crippen LogP contribution in [-0.2, 0) is 0 Å². The Kier molecular flexibility index (Phi) is 6.56. The predicted molar refractivity (Wildman–Crippen MR) is 206 cm³/mol. The monoisotopic (exact) mass is 637 g/mol. The number of pyridine rings is 2. The van der Waals surface area contributed by atoms with Gasteiger partial charge in [-0.05, 0) is 75.3 Å². The fourth-order valence-electron chi connectivity index (χ4n) is 7.90. The average Bonchev–Trinajstić information content (AvgIpc) is 3.71. The summed E-state index contributed by atoms with van der Waals surface area (Å²) in [7, 11) is 0. The van der Waals surface area contributed by atoms with Gasteiger partial charge in [0.15, 0.2) is 0 Å². The normalized spacial score (nSPS) is 12.3. The van der Waals surface area contributed by atoms with Gasteiger partial charge in [0, 0.05) is 69.4 Å². The zero-order chi connectivity index (χ0) is 33.0. The van der Waals surface area contributed by atoms with Crippen LogP contribution in [0.1, 0.15) is 22.6 Å². The number of rotatable bonds is 5. The van der Waals surface area contributed by atoms with E-state index >= 15 is 0 Å². The fourth-order valence-corrected chi connectivity index (χ4v) is 7.90. The molecular weight excluding hydrogens is 607 g/mol. The lowest BCUT2D eigenvalue weighted by Gasteiger charge is -2.15. The second kappa shape index (κ2) is 11.5. The van der Waals surface area contributed by atoms with Crippen LogP contribution in [0.5, 0.6) is 0 Å². The van der Waals surface area contributed by atoms with E-state index < -0.39 is 0 Å². The summed E-state index contributed by atoms with van der Waals surface area (Å²) < 4.78 is 2.35. The quantitative estimate of drug-likeness (QED) is 0.188. The van der Waals surface area contributed by atoms with E-state index in [2.05, 4.69) is 172 Å². The van der Waals surface area contributed by atoms with Gasteiger partial charge in [-0.25, -0.2) is 0 Å². The zero-order valence-corrected chi connectivity index (χ0v) is 27.2. The van der Waals surface area contributed by atoms with Crippen molar-refractivity contribution in [2.45, 2.75) is 5.92 Å². The van der Waals surface area contributed by atoms with Crippen molar-refractivity contribution in [1.29, 1.82) is 0 Å². The van der Waals surface area contributed by atoms with Crippen molar-refractivity contribution in [3.8, 4) is 50.2 Å². The molecule has 0 N–H and O–H groups in total. The molecule has 3 nitrogen and oxygen atoms in total. The van der Waals surface area contributed by atoms with Crippen LogP contribution >= 0.6 is 0 Å². The lowest BCUT2D eigenvalue weighted by atomic mass is 9.88. The van der Waals surface area contributed by atoms with Gasteiger partial charge in [0.2, 0.25) is 0 Å². The van der Waals surface area contributed by atoms with E-state index in [1.54, 1.807) is 0 Å². The first-order valence-electron chi connectivity index (χ1n) is 17.1. The van der Waals surface area contributed by atoms with Crippen molar-refractivity contribution in [3.05, 3.63) is 199 Å². The molecule has 0 saturated heterocycles. The van der Waals surface area contributed by atoms with E-state index in [4.69, 9.17) is 0 Å². The van der Waals surface area contributed by atoms with E-state index in [1.165, 1.54) is 49.6 Å². The van der Waals surface area contributed by atoms with Crippen LogP contribution in [0.25, 0.3) is 72.0 Å². The molecule has 0 saturated carbocycles. The molecule has 0 atom stereocenters. The molecule has 50 heavy (non-hydrogen) atoms. The second-order valence-corrected chi connectivity index (χ2v) is 13.1. The van der Waals surface area contributed by atoms with Crippen LogP contribution < -0.4 is 0 Å². The van der Waals surface area contributed by atoms with Gasteiger partial charge in [0.25, 0.3) is 0 Å². The number of aromatic nitrogens is 3. The van der Waals surface area contributed by atoms with Crippen LogP contribution in [0.3, 0.4) is 0 Å². The van der Waals surface area contributed by atoms with E-state index in [0.29, 0.717) is 0 Å². The number of benzene rings is 6. The van der Waals surface area contributed by atoms with Crippen LogP contribution in [0, 0.1) is 0 Å². The summed E-state index contributed by atoms with van der Waals surface area (Å²) in [6.07, 6.45) is 7.74. The van der Waals surface area contributed by atoms with Gasteiger partial charge < -0.3 is 4.57 Å². The van der Waals surface area contributed by atoms with Gasteiger partial charge in [-0.3, -0.25) is 9.97 Å². The third-order valence-corrected chi connectivity index (χ3v) is 10.3. The second-order valence-electron chi connectivity index (χ2n) is 13.1. The summed E-state index contributed by atoms with van der Waals surface area (Å²) >= 11 is 0. The standard InChI is InChI=1S/C47H31N3/c1-3-13-43-39(9-1)40-10-2-4-14-44(40)47(43)33-19-17-31(18-20-33)34-25-36(29-48-27-34)37-26-35(28-49-30-37)32-21-23-38(24-22-32)50-45-15-7-5-11-41(45)42-12-6-8-16-46(42)50/h1-30,47H. The highest BCUT2D eigenvalue weighted by Gasteiger charge is 2.29. The summed E-state index contributed by atoms with van der Waals surface area (Å²) in [5, 5.41) is 2.53. The Hall–Kier alpha value is -6.58. The summed E-state index contributed by atoms with van der Waals surface area (Å²) in [4.78, 5) is 9.31. The predicted octanol–water partition coefficient (Wildman–Crippen LogP) is 11.7. The molecule has 0 amide bonds. The average molecular weight is 638 g/mol. The Morgan fingerprint density at radius 3 is 1.32 bits per heavy atom. The largest absolute Gasteiger partial charge is 0.309 e. The molecule has 0 aliphatic heterocycles. The smallest absolute Gasteiger partial charge is 0.0541 e. The Morgan fingerprint density at radius 1 is 0.380 bits per heavy atom. The van der Waals surface area contributed by atoms with Gasteiger partial charge >= 0.3 is 0 Å². The van der Waals surface area contributed by atoms with Gasteiger partial charge in [-0.1, -0.05) is 121 Å². The molecule has 9 aromatic rings. The van der Waals surface area contributed by atoms with Crippen LogP contribution in [0.4, 0.5) is 0 Å². The highest BCUT2D eigenvalue weighted by molar-refractivity contribution is 6.09. The first-order valence-corrected chi connectivity index (χ1v) is 17.1. The summed E-state index contributed by atoms with van der Waals surface area (Å²) in [6, 6.07) is 57.0. The molecule has 3 aromatic heterocycles. The third-order valence-electron chi connectivity index (χ3n) is 10.3. The lowest BCUT2D eigenvalue weighted by Crippen LogP contribution is -1.99. The molecule has 0 radical (unpaired) electrons. The van der Waals surface area contributed by atoms with Crippen molar-refractivity contribution in [2.75, 3.05) is 0 Å². The maximum absolute atomic E-state index is 4.66. The first kappa shape index (κ1) is 28.4. The molecule has 0 unspecified atom stereocenters. The van der Waals surface area contributed by atoms with Gasteiger partial charge in [-0.15, -0.1) is 0 Å². The van der Waals surface area contributed by atoms with Crippen molar-refractivity contribution in [2.24, 2.45) is 0 Å². The fraction of sp³-hybridized carbons (Fsp3) is 0.0213. The number of para-hydroxylation sites is 2. The third kappa shape index (κ3) is 4.59. The summed E-state index contributed by atoms with van der Waals surface area (Å²) in [6.45, 7) is 0. The Bertz CT molecular complexity index is 2600. The van der Waals surface area contributed by atoms with Gasteiger partial charge in [-0.2, -0.15) is 0 Å². The number of hydrogen-bond donors (Lipinski definition) is 0. The Morgan fingerprint density at radius 2 is 0.800 bits per heavy atom. The molecule has 6 aromatic carbocycles. The zero-order valence-electron chi connectivity index (χ0n) is 27.2. The maximum Gasteiger partial charge on any atom is 0.0541 e. The maximum atomic E-state index is 4.66. The van der Waals surface area contributed by atoms with Crippen LogP contribution in [-0.4, -0.2) is 14.5 Å². The molecule has 234 valence electrons. The van der Waals surface area contributed by atoms with Crippen molar-refractivity contribution < 1.29 is 0 Å². The minimum atomic E-state index is 0.241.